The van der Waals surface area contributed by atoms with Gasteiger partial charge in [0.1, 0.15) is 5.75 Å². The van der Waals surface area contributed by atoms with Gasteiger partial charge in [-0.05, 0) is 47.5 Å². The fourth-order valence-corrected chi connectivity index (χ4v) is 2.73. The lowest BCUT2D eigenvalue weighted by molar-refractivity contribution is -0.758. The second kappa shape index (κ2) is 7.99. The van der Waals surface area contributed by atoms with Crippen molar-refractivity contribution in [3.05, 3.63) is 71.0 Å². The first-order valence-electron chi connectivity index (χ1n) is 7.92. The lowest BCUT2D eigenvalue weighted by Crippen LogP contribution is -3.00. The van der Waals surface area contributed by atoms with E-state index in [1.165, 1.54) is 16.3 Å². The van der Waals surface area contributed by atoms with Crippen LogP contribution in [0.1, 0.15) is 29.4 Å². The highest BCUT2D eigenvalue weighted by Crippen LogP contribution is 2.22. The van der Waals surface area contributed by atoms with Gasteiger partial charge in [0, 0.05) is 18.2 Å². The minimum absolute atomic E-state index is 0. The van der Waals surface area contributed by atoms with Crippen LogP contribution in [0.4, 0.5) is 0 Å². The number of aromatic nitrogens is 1. The highest BCUT2D eigenvalue weighted by molar-refractivity contribution is 5.94. The van der Waals surface area contributed by atoms with E-state index in [-0.39, 0.29) is 18.2 Å². The van der Waals surface area contributed by atoms with Crippen LogP contribution in [0.3, 0.4) is 0 Å². The molecule has 0 amide bonds. The molecule has 0 aliphatic rings. The summed E-state index contributed by atoms with van der Waals surface area (Å²) < 4.78 is 0. The van der Waals surface area contributed by atoms with Crippen molar-refractivity contribution >= 4 is 16.5 Å². The third-order valence-electron chi connectivity index (χ3n) is 4.08. The number of pyridine rings is 1. The zero-order chi connectivity index (χ0) is 17.1. The Kier molecular flexibility index (Phi) is 5.99. The molecule has 4 nitrogen and oxygen atoms in total. The molecule has 2 N–H and O–H groups in total. The fourth-order valence-electron chi connectivity index (χ4n) is 2.73. The zero-order valence-electron chi connectivity index (χ0n) is 14.5. The van der Waals surface area contributed by atoms with Crippen LogP contribution in [0, 0.1) is 13.8 Å². The molecule has 0 radical (unpaired) electrons. The van der Waals surface area contributed by atoms with E-state index in [4.69, 9.17) is 4.84 Å². The van der Waals surface area contributed by atoms with Crippen LogP contribution in [-0.4, -0.2) is 15.8 Å². The maximum atomic E-state index is 9.93. The van der Waals surface area contributed by atoms with Gasteiger partial charge < -0.3 is 17.5 Å². The van der Waals surface area contributed by atoms with Crippen molar-refractivity contribution in [1.29, 1.82) is 0 Å². The molecular weight excluding hydrogens is 336 g/mol. The van der Waals surface area contributed by atoms with Crippen molar-refractivity contribution in [2.45, 2.75) is 27.4 Å². The SMILES string of the molecule is CC(=[NH+]OCc1c(C)ccc2ccccc12)c1nc(C)ccc1O.[Cl-]. The minimum atomic E-state index is 0. The number of aromatic hydroxyl groups is 1. The summed E-state index contributed by atoms with van der Waals surface area (Å²) >= 11 is 0. The summed E-state index contributed by atoms with van der Waals surface area (Å²) in [6.45, 7) is 6.22. The molecule has 0 aliphatic heterocycles. The normalized spacial score (nSPS) is 11.2. The van der Waals surface area contributed by atoms with Crippen molar-refractivity contribution in [2.24, 2.45) is 0 Å². The van der Waals surface area contributed by atoms with E-state index >= 15 is 0 Å². The van der Waals surface area contributed by atoms with E-state index in [1.54, 1.807) is 12.1 Å². The first-order valence-corrected chi connectivity index (χ1v) is 7.92. The molecule has 0 saturated carbocycles. The summed E-state index contributed by atoms with van der Waals surface area (Å²) in [5.41, 5.74) is 4.35. The fraction of sp³-hybridized carbons (Fsp3) is 0.200. The topological polar surface area (TPSA) is 56.3 Å². The predicted octanol–water partition coefficient (Wildman–Crippen LogP) is -0.417. The molecule has 0 fully saturated rings. The summed E-state index contributed by atoms with van der Waals surface area (Å²) in [5, 5.41) is 15.2. The van der Waals surface area contributed by atoms with Crippen molar-refractivity contribution in [3.63, 3.8) is 0 Å². The van der Waals surface area contributed by atoms with E-state index in [2.05, 4.69) is 41.3 Å². The van der Waals surface area contributed by atoms with Gasteiger partial charge in [0.05, 0.1) is 0 Å². The Morgan fingerprint density at radius 3 is 2.64 bits per heavy atom. The monoisotopic (exact) mass is 356 g/mol. The molecule has 0 bridgehead atoms. The second-order valence-corrected chi connectivity index (χ2v) is 5.92. The molecule has 1 aromatic heterocycles. The van der Waals surface area contributed by atoms with Crippen molar-refractivity contribution in [1.82, 2.24) is 4.98 Å². The van der Waals surface area contributed by atoms with Gasteiger partial charge in [0.25, 0.3) is 5.71 Å². The van der Waals surface area contributed by atoms with Gasteiger partial charge in [-0.2, -0.15) is 0 Å². The molecule has 25 heavy (non-hydrogen) atoms. The number of halogens is 1. The molecule has 130 valence electrons. The van der Waals surface area contributed by atoms with E-state index in [9.17, 15) is 5.11 Å². The molecule has 3 aromatic rings. The van der Waals surface area contributed by atoms with Crippen LogP contribution < -0.4 is 17.6 Å². The first kappa shape index (κ1) is 18.7. The molecule has 3 rings (SSSR count). The Balaban J connectivity index is 0.00000225. The van der Waals surface area contributed by atoms with Gasteiger partial charge in [-0.25, -0.2) is 4.98 Å². The molecule has 5 heteroatoms. The molecule has 0 aliphatic carbocycles. The maximum absolute atomic E-state index is 9.93. The Morgan fingerprint density at radius 2 is 1.84 bits per heavy atom. The molecule has 0 atom stereocenters. The summed E-state index contributed by atoms with van der Waals surface area (Å²) in [4.78, 5) is 10.0. The number of nitrogens with zero attached hydrogens (tertiary/aromatic N) is 1. The second-order valence-electron chi connectivity index (χ2n) is 5.92. The zero-order valence-corrected chi connectivity index (χ0v) is 15.3. The number of hydrogen-bond acceptors (Lipinski definition) is 3. The number of benzene rings is 2. The van der Waals surface area contributed by atoms with Gasteiger partial charge in [-0.3, -0.25) is 4.84 Å². The lowest BCUT2D eigenvalue weighted by atomic mass is 10.0. The Labute approximate surface area is 153 Å². The molecular formula is C20H21ClN2O2. The van der Waals surface area contributed by atoms with Crippen LogP contribution in [0.15, 0.2) is 48.5 Å². The smallest absolute Gasteiger partial charge is 0.251 e. The Hall–Kier alpha value is -2.59. The minimum Gasteiger partial charge on any atom is -1.00 e. The highest BCUT2D eigenvalue weighted by Gasteiger charge is 2.13. The summed E-state index contributed by atoms with van der Waals surface area (Å²) in [6.07, 6.45) is 0. The Bertz CT molecular complexity index is 923. The standard InChI is InChI=1S/C20H20N2O2.ClH/c1-13-8-10-16-6-4-5-7-17(16)18(13)12-24-22-15(3)20-19(23)11-9-14(2)21-20;/h4-11,23H,12H2,1-3H3;1H. The van der Waals surface area contributed by atoms with Crippen LogP contribution in [0.2, 0.25) is 0 Å². The average molecular weight is 357 g/mol. The Morgan fingerprint density at radius 1 is 1.08 bits per heavy atom. The average Bonchev–Trinajstić information content (AvgIpc) is 2.59. The predicted molar refractivity (Wildman–Crippen MR) is 94.9 cm³/mol. The van der Waals surface area contributed by atoms with Gasteiger partial charge in [-0.1, -0.05) is 36.4 Å². The first-order chi connectivity index (χ1) is 11.6. The van der Waals surface area contributed by atoms with Crippen LogP contribution in [-0.2, 0) is 11.4 Å². The third-order valence-corrected chi connectivity index (χ3v) is 4.08. The number of fused-ring (bicyclic) bond motifs is 1. The summed E-state index contributed by atoms with van der Waals surface area (Å²) in [6, 6.07) is 15.9. The summed E-state index contributed by atoms with van der Waals surface area (Å²) in [5.74, 6) is 0.135. The molecule has 0 spiro atoms. The molecule has 0 unspecified atom stereocenters. The van der Waals surface area contributed by atoms with Gasteiger partial charge in [-0.15, -0.1) is 0 Å². The molecule has 0 saturated heterocycles. The lowest BCUT2D eigenvalue weighted by Gasteiger charge is -2.07. The van der Waals surface area contributed by atoms with Crippen LogP contribution in [0.25, 0.3) is 10.8 Å². The van der Waals surface area contributed by atoms with E-state index in [0.717, 1.165) is 11.3 Å². The maximum Gasteiger partial charge on any atom is 0.251 e. The quantitative estimate of drug-likeness (QED) is 0.493. The highest BCUT2D eigenvalue weighted by atomic mass is 35.5. The van der Waals surface area contributed by atoms with Crippen LogP contribution in [0.5, 0.6) is 5.75 Å². The van der Waals surface area contributed by atoms with Gasteiger partial charge >= 0.3 is 0 Å². The summed E-state index contributed by atoms with van der Waals surface area (Å²) in [7, 11) is 0. The van der Waals surface area contributed by atoms with Crippen molar-refractivity contribution in [2.75, 3.05) is 0 Å². The van der Waals surface area contributed by atoms with Gasteiger partial charge in [0.2, 0.25) is 0 Å². The van der Waals surface area contributed by atoms with E-state index in [1.807, 2.05) is 26.0 Å². The number of nitrogens with one attached hydrogen (secondary N) is 1. The number of aryl methyl sites for hydroxylation is 2. The third kappa shape index (κ3) is 4.09. The van der Waals surface area contributed by atoms with Crippen molar-refractivity contribution in [3.8, 4) is 5.75 Å². The van der Waals surface area contributed by atoms with Crippen molar-refractivity contribution < 1.29 is 27.5 Å². The number of hydrogen-bond donors (Lipinski definition) is 2. The number of rotatable bonds is 4. The molecule has 1 heterocycles. The van der Waals surface area contributed by atoms with Gasteiger partial charge in [0.15, 0.2) is 12.3 Å². The van der Waals surface area contributed by atoms with E-state index in [0.29, 0.717) is 18.0 Å². The van der Waals surface area contributed by atoms with E-state index < -0.39 is 0 Å². The molecule has 2 aromatic carbocycles. The largest absolute Gasteiger partial charge is 1.00 e. The van der Waals surface area contributed by atoms with Crippen LogP contribution >= 0.6 is 0 Å².